The Balaban J connectivity index is 2.35. The molecule has 7 heteroatoms. The van der Waals surface area contributed by atoms with Crippen molar-refractivity contribution in [1.29, 1.82) is 0 Å². The Morgan fingerprint density at radius 3 is 2.18 bits per heavy atom. The van der Waals surface area contributed by atoms with Crippen LogP contribution in [0.4, 0.5) is 0 Å². The zero-order chi connectivity index (χ0) is 8.27. The molecule has 1 saturated heterocycles. The molecule has 0 aliphatic carbocycles. The highest BCUT2D eigenvalue weighted by Crippen LogP contribution is 2.00. The van der Waals surface area contributed by atoms with E-state index >= 15 is 0 Å². The van der Waals surface area contributed by atoms with Crippen LogP contribution in [0.25, 0.3) is 0 Å². The fourth-order valence-corrected chi connectivity index (χ4v) is 0.930. The molecule has 1 rings (SSSR count). The predicted molar refractivity (Wildman–Crippen MR) is 35.9 cm³/mol. The van der Waals surface area contributed by atoms with Gasteiger partial charge in [0.05, 0.1) is 31.5 Å². The van der Waals surface area contributed by atoms with Crippen LogP contribution in [0.15, 0.2) is 5.29 Å². The van der Waals surface area contributed by atoms with Crippen molar-refractivity contribution in [3.63, 3.8) is 0 Å². The molecule has 0 spiro atoms. The molecular formula is C4H8N4O3. The minimum atomic E-state index is -0.456. The Morgan fingerprint density at radius 2 is 1.82 bits per heavy atom. The monoisotopic (exact) mass is 160 g/mol. The number of hydrogen-bond acceptors (Lipinski definition) is 4. The predicted octanol–water partition coefficient (Wildman–Crippen LogP) is -0.523. The Morgan fingerprint density at radius 1 is 1.27 bits per heavy atom. The smallest absolute Gasteiger partial charge is 0.160 e. The summed E-state index contributed by atoms with van der Waals surface area (Å²) in [5.74, 6) is 0. The molecule has 0 aromatic rings. The molecule has 0 aromatic carbocycles. The topological polar surface area (TPSA) is 79.0 Å². The molecular weight excluding hydrogens is 152 g/mol. The van der Waals surface area contributed by atoms with Crippen LogP contribution in [-0.4, -0.2) is 41.2 Å². The SMILES string of the molecule is O=NN1CCN([N+](=O)[O-])CC1. The molecule has 0 radical (unpaired) electrons. The van der Waals surface area contributed by atoms with Gasteiger partial charge in [0.2, 0.25) is 0 Å². The summed E-state index contributed by atoms with van der Waals surface area (Å²) in [6, 6.07) is 0. The maximum absolute atomic E-state index is 10.2. The molecule has 1 aliphatic heterocycles. The van der Waals surface area contributed by atoms with Crippen LogP contribution in [0.3, 0.4) is 0 Å². The van der Waals surface area contributed by atoms with Crippen LogP contribution in [-0.2, 0) is 0 Å². The number of nitro groups is 1. The van der Waals surface area contributed by atoms with Gasteiger partial charge in [0.25, 0.3) is 0 Å². The van der Waals surface area contributed by atoms with E-state index in [1.165, 1.54) is 5.01 Å². The van der Waals surface area contributed by atoms with Crippen molar-refractivity contribution in [2.75, 3.05) is 26.2 Å². The number of rotatable bonds is 2. The van der Waals surface area contributed by atoms with E-state index in [0.717, 1.165) is 5.01 Å². The minimum absolute atomic E-state index is 0.263. The lowest BCUT2D eigenvalue weighted by atomic mass is 10.4. The first-order valence-corrected chi connectivity index (χ1v) is 3.21. The van der Waals surface area contributed by atoms with E-state index in [9.17, 15) is 15.0 Å². The van der Waals surface area contributed by atoms with Crippen molar-refractivity contribution in [2.24, 2.45) is 5.29 Å². The van der Waals surface area contributed by atoms with Crippen molar-refractivity contribution >= 4 is 0 Å². The second-order valence-corrected chi connectivity index (χ2v) is 2.23. The molecule has 1 heterocycles. The van der Waals surface area contributed by atoms with Gasteiger partial charge in [-0.3, -0.25) is 5.01 Å². The fourth-order valence-electron chi connectivity index (χ4n) is 0.930. The number of hydrogen-bond donors (Lipinski definition) is 0. The molecule has 0 bridgehead atoms. The van der Waals surface area contributed by atoms with Gasteiger partial charge in [-0.05, 0) is 0 Å². The number of nitroso groups, excluding NO2 is 1. The summed E-state index contributed by atoms with van der Waals surface area (Å²) in [5, 5.41) is 14.7. The average molecular weight is 160 g/mol. The molecule has 0 unspecified atom stereocenters. The first-order valence-electron chi connectivity index (χ1n) is 3.21. The second-order valence-electron chi connectivity index (χ2n) is 2.23. The minimum Gasteiger partial charge on any atom is -0.257 e. The zero-order valence-electron chi connectivity index (χ0n) is 5.84. The van der Waals surface area contributed by atoms with Crippen molar-refractivity contribution in [1.82, 2.24) is 10.0 Å². The molecule has 11 heavy (non-hydrogen) atoms. The van der Waals surface area contributed by atoms with Gasteiger partial charge in [0.15, 0.2) is 5.03 Å². The van der Waals surface area contributed by atoms with Gasteiger partial charge in [-0.1, -0.05) is 0 Å². The summed E-state index contributed by atoms with van der Waals surface area (Å²) in [4.78, 5) is 20.1. The normalized spacial score (nSPS) is 18.2. The number of hydrazine groups is 1. The van der Waals surface area contributed by atoms with Gasteiger partial charge in [-0.2, -0.15) is 0 Å². The number of piperazine rings is 1. The first kappa shape index (κ1) is 7.70. The van der Waals surface area contributed by atoms with Gasteiger partial charge in [-0.15, -0.1) is 9.92 Å². The summed E-state index contributed by atoms with van der Waals surface area (Å²) < 4.78 is 0. The van der Waals surface area contributed by atoms with Crippen molar-refractivity contribution in [2.45, 2.75) is 0 Å². The molecule has 1 fully saturated rings. The molecule has 62 valence electrons. The van der Waals surface area contributed by atoms with Crippen LogP contribution in [0.2, 0.25) is 0 Å². The highest BCUT2D eigenvalue weighted by atomic mass is 16.7. The summed E-state index contributed by atoms with van der Waals surface area (Å²) in [5.41, 5.74) is 0. The quantitative estimate of drug-likeness (QED) is 0.308. The molecule has 0 amide bonds. The van der Waals surface area contributed by atoms with Crippen LogP contribution in [0.1, 0.15) is 0 Å². The van der Waals surface area contributed by atoms with E-state index in [0.29, 0.717) is 13.1 Å². The fraction of sp³-hybridized carbons (Fsp3) is 1.00. The third-order valence-corrected chi connectivity index (χ3v) is 1.58. The Kier molecular flexibility index (Phi) is 2.19. The van der Waals surface area contributed by atoms with E-state index in [2.05, 4.69) is 5.29 Å². The van der Waals surface area contributed by atoms with Crippen molar-refractivity contribution in [3.05, 3.63) is 15.0 Å². The first-order chi connectivity index (χ1) is 5.24. The summed E-state index contributed by atoms with van der Waals surface area (Å²) in [7, 11) is 0. The summed E-state index contributed by atoms with van der Waals surface area (Å²) in [6.07, 6.45) is 0. The molecule has 1 aliphatic rings. The molecule has 0 N–H and O–H groups in total. The van der Waals surface area contributed by atoms with Crippen LogP contribution in [0.5, 0.6) is 0 Å². The standard InChI is InChI=1S/C4H8N4O3/c9-5-6-1-3-7(4-2-6)8(10)11/h1-4H2. The van der Waals surface area contributed by atoms with E-state index in [-0.39, 0.29) is 13.1 Å². The Bertz CT molecular complexity index is 165. The third-order valence-electron chi connectivity index (χ3n) is 1.58. The molecule has 0 atom stereocenters. The van der Waals surface area contributed by atoms with Crippen LogP contribution < -0.4 is 0 Å². The van der Waals surface area contributed by atoms with E-state index in [1.54, 1.807) is 0 Å². The average Bonchev–Trinajstić information content (AvgIpc) is 2.05. The van der Waals surface area contributed by atoms with Gasteiger partial charge >= 0.3 is 0 Å². The summed E-state index contributed by atoms with van der Waals surface area (Å²) in [6.45, 7) is 1.20. The maximum atomic E-state index is 10.2. The highest BCUT2D eigenvalue weighted by Gasteiger charge is 2.22. The lowest BCUT2D eigenvalue weighted by Crippen LogP contribution is -2.46. The van der Waals surface area contributed by atoms with Crippen molar-refractivity contribution in [3.8, 4) is 0 Å². The van der Waals surface area contributed by atoms with Gasteiger partial charge < -0.3 is 0 Å². The second kappa shape index (κ2) is 3.13. The van der Waals surface area contributed by atoms with Gasteiger partial charge in [0.1, 0.15) is 0 Å². The van der Waals surface area contributed by atoms with Crippen molar-refractivity contribution < 1.29 is 5.03 Å². The Labute approximate surface area is 62.6 Å². The van der Waals surface area contributed by atoms with Gasteiger partial charge in [0, 0.05) is 0 Å². The highest BCUT2D eigenvalue weighted by molar-refractivity contribution is 4.62. The molecule has 7 nitrogen and oxygen atoms in total. The van der Waals surface area contributed by atoms with Crippen LogP contribution in [0, 0.1) is 15.0 Å². The third kappa shape index (κ3) is 1.76. The molecule has 0 aromatic heterocycles. The lowest BCUT2D eigenvalue weighted by molar-refractivity contribution is -0.657. The zero-order valence-corrected chi connectivity index (χ0v) is 5.84. The molecule has 0 saturated carbocycles. The Hall–Kier alpha value is -1.40. The number of nitrogens with zero attached hydrogens (tertiary/aromatic N) is 4. The van der Waals surface area contributed by atoms with Gasteiger partial charge in [-0.25, -0.2) is 10.1 Å². The van der Waals surface area contributed by atoms with Crippen LogP contribution >= 0.6 is 0 Å². The van der Waals surface area contributed by atoms with E-state index in [4.69, 9.17) is 0 Å². The summed E-state index contributed by atoms with van der Waals surface area (Å²) >= 11 is 0. The van der Waals surface area contributed by atoms with E-state index < -0.39 is 5.03 Å². The van der Waals surface area contributed by atoms with E-state index in [1.807, 2.05) is 0 Å². The maximum Gasteiger partial charge on any atom is 0.160 e. The largest absolute Gasteiger partial charge is 0.257 e. The lowest BCUT2D eigenvalue weighted by Gasteiger charge is -2.24.